The van der Waals surface area contributed by atoms with E-state index in [2.05, 4.69) is 20.7 Å². The number of amides is 1. The lowest BCUT2D eigenvalue weighted by Gasteiger charge is -2.11. The number of nitrogens with two attached hydrogens (primary N) is 1. The van der Waals surface area contributed by atoms with E-state index in [9.17, 15) is 4.79 Å². The van der Waals surface area contributed by atoms with Crippen LogP contribution < -0.4 is 16.4 Å². The Labute approximate surface area is 146 Å². The number of fused-ring (bicyclic) bond motifs is 1. The maximum absolute atomic E-state index is 12.4. The molecule has 0 aliphatic rings. The largest absolute Gasteiger partial charge is 0.399 e. The normalized spacial score (nSPS) is 10.8. The molecule has 4 N–H and O–H groups in total. The fourth-order valence-corrected chi connectivity index (χ4v) is 2.72. The maximum atomic E-state index is 12.4. The summed E-state index contributed by atoms with van der Waals surface area (Å²) in [6.07, 6.45) is 4.08. The Kier molecular flexibility index (Phi) is 4.56. The fourth-order valence-electron chi connectivity index (χ4n) is 2.72. The van der Waals surface area contributed by atoms with Crippen molar-refractivity contribution in [3.05, 3.63) is 47.4 Å². The van der Waals surface area contributed by atoms with Crippen molar-refractivity contribution in [3.8, 4) is 0 Å². The molecule has 2 heterocycles. The van der Waals surface area contributed by atoms with Crippen molar-refractivity contribution in [2.45, 2.75) is 27.2 Å². The molecular formula is C18H22N6O. The Morgan fingerprint density at radius 1 is 1.32 bits per heavy atom. The van der Waals surface area contributed by atoms with Gasteiger partial charge in [0, 0.05) is 24.1 Å². The van der Waals surface area contributed by atoms with E-state index in [-0.39, 0.29) is 5.91 Å². The van der Waals surface area contributed by atoms with Gasteiger partial charge in [0.15, 0.2) is 5.82 Å². The third-order valence-corrected chi connectivity index (χ3v) is 4.12. The SMILES string of the molecule is CCCNC(=O)c1cn2ncnc(Nc3cc(N)ccc3C)c2c1C. The summed E-state index contributed by atoms with van der Waals surface area (Å²) in [5.41, 5.74) is 10.7. The maximum Gasteiger partial charge on any atom is 0.253 e. The molecule has 0 saturated heterocycles. The summed E-state index contributed by atoms with van der Waals surface area (Å²) in [4.78, 5) is 16.7. The summed E-state index contributed by atoms with van der Waals surface area (Å²) in [6.45, 7) is 6.56. The molecule has 7 nitrogen and oxygen atoms in total. The van der Waals surface area contributed by atoms with Gasteiger partial charge in [0.2, 0.25) is 0 Å². The first kappa shape index (κ1) is 16.8. The summed E-state index contributed by atoms with van der Waals surface area (Å²) in [7, 11) is 0. The Balaban J connectivity index is 2.03. The third-order valence-electron chi connectivity index (χ3n) is 4.12. The number of nitrogen functional groups attached to an aromatic ring is 1. The quantitative estimate of drug-likeness (QED) is 0.622. The average molecular weight is 338 g/mol. The summed E-state index contributed by atoms with van der Waals surface area (Å²) in [5, 5.41) is 10.4. The van der Waals surface area contributed by atoms with Crippen LogP contribution in [-0.4, -0.2) is 27.0 Å². The molecule has 25 heavy (non-hydrogen) atoms. The van der Waals surface area contributed by atoms with E-state index in [4.69, 9.17) is 5.73 Å². The molecule has 1 aromatic carbocycles. The molecule has 0 radical (unpaired) electrons. The molecule has 0 aliphatic heterocycles. The molecule has 3 rings (SSSR count). The Morgan fingerprint density at radius 3 is 2.88 bits per heavy atom. The second-order valence-electron chi connectivity index (χ2n) is 6.02. The highest BCUT2D eigenvalue weighted by Gasteiger charge is 2.18. The Morgan fingerprint density at radius 2 is 2.12 bits per heavy atom. The molecule has 0 saturated carbocycles. The molecule has 7 heteroatoms. The molecule has 2 aromatic heterocycles. The van der Waals surface area contributed by atoms with Gasteiger partial charge >= 0.3 is 0 Å². The van der Waals surface area contributed by atoms with E-state index in [1.54, 1.807) is 10.7 Å². The minimum absolute atomic E-state index is 0.101. The first-order valence-electron chi connectivity index (χ1n) is 8.25. The summed E-state index contributed by atoms with van der Waals surface area (Å²) >= 11 is 0. The van der Waals surface area contributed by atoms with Crippen LogP contribution in [-0.2, 0) is 0 Å². The van der Waals surface area contributed by atoms with Gasteiger partial charge in [0.25, 0.3) is 5.91 Å². The molecule has 0 bridgehead atoms. The van der Waals surface area contributed by atoms with Crippen LogP contribution >= 0.6 is 0 Å². The highest BCUT2D eigenvalue weighted by atomic mass is 16.1. The highest BCUT2D eigenvalue weighted by molar-refractivity contribution is 5.99. The van der Waals surface area contributed by atoms with E-state index in [0.717, 1.165) is 28.8 Å². The van der Waals surface area contributed by atoms with Crippen LogP contribution in [0.5, 0.6) is 0 Å². The van der Waals surface area contributed by atoms with Gasteiger partial charge < -0.3 is 16.4 Å². The van der Waals surface area contributed by atoms with Gasteiger partial charge in [-0.25, -0.2) is 9.50 Å². The lowest BCUT2D eigenvalue weighted by atomic mass is 10.1. The number of nitrogens with one attached hydrogen (secondary N) is 2. The van der Waals surface area contributed by atoms with Gasteiger partial charge in [0.05, 0.1) is 5.56 Å². The van der Waals surface area contributed by atoms with Crippen molar-refractivity contribution in [3.63, 3.8) is 0 Å². The van der Waals surface area contributed by atoms with Gasteiger partial charge in [0.1, 0.15) is 11.8 Å². The van der Waals surface area contributed by atoms with Crippen LogP contribution in [0.15, 0.2) is 30.7 Å². The number of rotatable bonds is 5. The van der Waals surface area contributed by atoms with E-state index in [1.165, 1.54) is 6.33 Å². The second kappa shape index (κ2) is 6.80. The van der Waals surface area contributed by atoms with Crippen LogP contribution in [0.25, 0.3) is 5.52 Å². The van der Waals surface area contributed by atoms with E-state index in [1.807, 2.05) is 39.0 Å². The highest BCUT2D eigenvalue weighted by Crippen LogP contribution is 2.27. The zero-order chi connectivity index (χ0) is 18.0. The first-order chi connectivity index (χ1) is 12.0. The fraction of sp³-hybridized carbons (Fsp3) is 0.278. The zero-order valence-electron chi connectivity index (χ0n) is 14.6. The third kappa shape index (κ3) is 3.26. The molecule has 0 aliphatic carbocycles. The zero-order valence-corrected chi connectivity index (χ0v) is 14.6. The molecule has 0 fully saturated rings. The molecule has 0 spiro atoms. The van der Waals surface area contributed by atoms with Crippen molar-refractivity contribution in [1.29, 1.82) is 0 Å². The van der Waals surface area contributed by atoms with E-state index in [0.29, 0.717) is 23.6 Å². The first-order valence-corrected chi connectivity index (χ1v) is 8.25. The van der Waals surface area contributed by atoms with Crippen molar-refractivity contribution in [2.75, 3.05) is 17.6 Å². The number of benzene rings is 1. The Hall–Kier alpha value is -3.09. The number of aryl methyl sites for hydroxylation is 2. The van der Waals surface area contributed by atoms with Crippen LogP contribution in [0.3, 0.4) is 0 Å². The van der Waals surface area contributed by atoms with Crippen molar-refractivity contribution in [2.24, 2.45) is 0 Å². The molecule has 0 atom stereocenters. The average Bonchev–Trinajstić information content (AvgIpc) is 2.94. The van der Waals surface area contributed by atoms with Gasteiger partial charge in [-0.15, -0.1) is 0 Å². The lowest BCUT2D eigenvalue weighted by Crippen LogP contribution is -2.24. The van der Waals surface area contributed by atoms with E-state index >= 15 is 0 Å². The van der Waals surface area contributed by atoms with Gasteiger partial charge in [-0.1, -0.05) is 13.0 Å². The molecular weight excluding hydrogens is 316 g/mol. The number of anilines is 3. The molecule has 3 aromatic rings. The van der Waals surface area contributed by atoms with E-state index < -0.39 is 0 Å². The summed E-state index contributed by atoms with van der Waals surface area (Å²) in [6, 6.07) is 5.67. The van der Waals surface area contributed by atoms with Crippen molar-refractivity contribution >= 4 is 28.6 Å². The number of aromatic nitrogens is 3. The van der Waals surface area contributed by atoms with Crippen molar-refractivity contribution in [1.82, 2.24) is 19.9 Å². The predicted molar refractivity (Wildman–Crippen MR) is 99.2 cm³/mol. The van der Waals surface area contributed by atoms with Gasteiger partial charge in [-0.3, -0.25) is 4.79 Å². The number of carbonyl (C=O) groups is 1. The number of hydrogen-bond acceptors (Lipinski definition) is 5. The van der Waals surface area contributed by atoms with Crippen LogP contribution in [0.1, 0.15) is 34.8 Å². The molecule has 1 amide bonds. The lowest BCUT2D eigenvalue weighted by molar-refractivity contribution is 0.0953. The molecule has 130 valence electrons. The van der Waals surface area contributed by atoms with Crippen LogP contribution in [0.2, 0.25) is 0 Å². The topological polar surface area (TPSA) is 97.3 Å². The van der Waals surface area contributed by atoms with Crippen molar-refractivity contribution < 1.29 is 4.79 Å². The standard InChI is InChI=1S/C18H22N6O/c1-4-7-20-18(25)14-9-24-16(12(14)3)17(21-10-22-24)23-15-8-13(19)6-5-11(15)2/h5-6,8-10H,4,7,19H2,1-3H3,(H,20,25)(H,21,22,23). The smallest absolute Gasteiger partial charge is 0.253 e. The summed E-state index contributed by atoms with van der Waals surface area (Å²) < 4.78 is 1.67. The number of nitrogens with zero attached hydrogens (tertiary/aromatic N) is 3. The minimum Gasteiger partial charge on any atom is -0.399 e. The molecule has 0 unspecified atom stereocenters. The van der Waals surface area contributed by atoms with Gasteiger partial charge in [-0.05, 0) is 43.5 Å². The number of carbonyl (C=O) groups excluding carboxylic acids is 1. The predicted octanol–water partition coefficient (Wildman–Crippen LogP) is 2.81. The van der Waals surface area contributed by atoms with Crippen LogP contribution in [0, 0.1) is 13.8 Å². The minimum atomic E-state index is -0.101. The number of hydrogen-bond donors (Lipinski definition) is 3. The second-order valence-corrected chi connectivity index (χ2v) is 6.02. The summed E-state index contributed by atoms with van der Waals surface area (Å²) in [5.74, 6) is 0.534. The van der Waals surface area contributed by atoms with Crippen LogP contribution in [0.4, 0.5) is 17.2 Å². The van der Waals surface area contributed by atoms with Gasteiger partial charge in [-0.2, -0.15) is 5.10 Å². The monoisotopic (exact) mass is 338 g/mol. The Bertz CT molecular complexity index is 931.